The van der Waals surface area contributed by atoms with Gasteiger partial charge in [-0.05, 0) is 42.2 Å². The van der Waals surface area contributed by atoms with Crippen molar-refractivity contribution in [2.24, 2.45) is 5.92 Å². The fourth-order valence-electron chi connectivity index (χ4n) is 4.55. The molecule has 0 spiro atoms. The number of halogens is 1. The molecular weight excluding hydrogens is 578 g/mol. The highest BCUT2D eigenvalue weighted by Crippen LogP contribution is 2.36. The van der Waals surface area contributed by atoms with E-state index < -0.39 is 28.5 Å². The minimum absolute atomic E-state index is 0.00621. The highest BCUT2D eigenvalue weighted by Gasteiger charge is 2.34. The van der Waals surface area contributed by atoms with Crippen LogP contribution in [0.1, 0.15) is 31.9 Å². The molecule has 2 amide bonds. The third-order valence-corrected chi connectivity index (χ3v) is 8.99. The number of benzene rings is 3. The lowest BCUT2D eigenvalue weighted by Gasteiger charge is -2.34. The molecule has 3 aromatic rings. The number of hydrogen-bond donors (Lipinski definition) is 1. The van der Waals surface area contributed by atoms with E-state index >= 15 is 0 Å². The summed E-state index contributed by atoms with van der Waals surface area (Å²) in [6, 6.07) is 20.3. The van der Waals surface area contributed by atoms with E-state index in [2.05, 4.69) is 5.32 Å². The van der Waals surface area contributed by atoms with Crippen molar-refractivity contribution in [3.8, 4) is 11.5 Å². The Morgan fingerprint density at radius 1 is 0.976 bits per heavy atom. The lowest BCUT2D eigenvalue weighted by molar-refractivity contribution is -0.140. The van der Waals surface area contributed by atoms with Gasteiger partial charge in [0, 0.05) is 30.6 Å². The number of ether oxygens (including phenoxy) is 2. The van der Waals surface area contributed by atoms with Crippen LogP contribution in [0.25, 0.3) is 0 Å². The normalized spacial score (nSPS) is 13.1. The van der Waals surface area contributed by atoms with Gasteiger partial charge in [-0.2, -0.15) is 0 Å². The Labute approximate surface area is 252 Å². The van der Waals surface area contributed by atoms with Crippen LogP contribution in [-0.4, -0.2) is 56.8 Å². The molecule has 1 atom stereocenters. The number of rotatable bonds is 13. The van der Waals surface area contributed by atoms with Crippen LogP contribution >= 0.6 is 11.6 Å². The summed E-state index contributed by atoms with van der Waals surface area (Å²) >= 11 is 6.50. The molecule has 0 aliphatic carbocycles. The summed E-state index contributed by atoms with van der Waals surface area (Å²) in [5.41, 5.74) is 1.75. The maximum Gasteiger partial charge on any atom is 0.244 e. The van der Waals surface area contributed by atoms with Crippen molar-refractivity contribution < 1.29 is 27.5 Å². The number of fused-ring (bicyclic) bond motifs is 1. The van der Waals surface area contributed by atoms with Gasteiger partial charge in [-0.25, -0.2) is 8.42 Å². The Balaban J connectivity index is 1.75. The highest BCUT2D eigenvalue weighted by atomic mass is 35.5. The van der Waals surface area contributed by atoms with Crippen LogP contribution < -0.4 is 19.1 Å². The molecule has 3 aromatic carbocycles. The van der Waals surface area contributed by atoms with Gasteiger partial charge in [0.15, 0.2) is 11.5 Å². The number of carbonyl (C=O) groups excluding carboxylic acids is 2. The molecule has 0 radical (unpaired) electrons. The molecule has 0 unspecified atom stereocenters. The van der Waals surface area contributed by atoms with Gasteiger partial charge in [-0.15, -0.1) is 0 Å². The van der Waals surface area contributed by atoms with Crippen LogP contribution in [0.2, 0.25) is 5.02 Å². The Kier molecular flexibility index (Phi) is 10.3. The quantitative estimate of drug-likeness (QED) is 0.301. The monoisotopic (exact) mass is 613 g/mol. The number of sulfonamides is 1. The van der Waals surface area contributed by atoms with Crippen LogP contribution in [0, 0.1) is 5.92 Å². The van der Waals surface area contributed by atoms with Crippen molar-refractivity contribution >= 4 is 39.1 Å². The average molecular weight is 614 g/mol. The van der Waals surface area contributed by atoms with Gasteiger partial charge >= 0.3 is 0 Å². The van der Waals surface area contributed by atoms with Crippen LogP contribution in [-0.2, 0) is 32.6 Å². The molecule has 11 heteroatoms. The lowest BCUT2D eigenvalue weighted by Crippen LogP contribution is -2.54. The van der Waals surface area contributed by atoms with Crippen molar-refractivity contribution in [1.29, 1.82) is 0 Å². The minimum atomic E-state index is -3.90. The van der Waals surface area contributed by atoms with E-state index in [0.29, 0.717) is 28.6 Å². The van der Waals surface area contributed by atoms with E-state index in [4.69, 9.17) is 21.1 Å². The SMILES string of the molecule is CCS(=O)(=O)N(CC(=O)N(Cc1ccccc1Cl)[C@@H](Cc1ccccc1)C(=O)NCC(C)C)c1ccc2c(c1)OCO2. The largest absolute Gasteiger partial charge is 0.454 e. The van der Waals surface area contributed by atoms with Gasteiger partial charge in [-0.1, -0.05) is 74.0 Å². The first-order chi connectivity index (χ1) is 20.1. The second-order valence-electron chi connectivity index (χ2n) is 10.4. The number of carbonyl (C=O) groups is 2. The summed E-state index contributed by atoms with van der Waals surface area (Å²) in [6.45, 7) is 5.41. The molecule has 1 N–H and O–H groups in total. The van der Waals surface area contributed by atoms with E-state index in [-0.39, 0.29) is 43.0 Å². The zero-order valence-electron chi connectivity index (χ0n) is 24.0. The Hall–Kier alpha value is -3.76. The molecule has 0 saturated heterocycles. The van der Waals surface area contributed by atoms with Crippen LogP contribution in [0.5, 0.6) is 11.5 Å². The maximum atomic E-state index is 14.3. The summed E-state index contributed by atoms with van der Waals surface area (Å²) < 4.78 is 38.5. The molecule has 0 aromatic heterocycles. The van der Waals surface area contributed by atoms with E-state index in [9.17, 15) is 18.0 Å². The van der Waals surface area contributed by atoms with Gasteiger partial charge in [0.2, 0.25) is 28.6 Å². The number of amides is 2. The first-order valence-electron chi connectivity index (χ1n) is 13.8. The van der Waals surface area contributed by atoms with Crippen molar-refractivity contribution in [1.82, 2.24) is 10.2 Å². The Bertz CT molecular complexity index is 1500. The number of nitrogens with one attached hydrogen (secondary N) is 1. The van der Waals surface area contributed by atoms with Crippen LogP contribution in [0.4, 0.5) is 5.69 Å². The molecule has 224 valence electrons. The van der Waals surface area contributed by atoms with E-state index in [0.717, 1.165) is 9.87 Å². The maximum absolute atomic E-state index is 14.3. The molecule has 0 fully saturated rings. The predicted octanol–water partition coefficient (Wildman–Crippen LogP) is 4.64. The molecule has 0 saturated carbocycles. The average Bonchev–Trinajstić information content (AvgIpc) is 3.45. The summed E-state index contributed by atoms with van der Waals surface area (Å²) in [5.74, 6) is -0.0497. The van der Waals surface area contributed by atoms with Gasteiger partial charge in [0.1, 0.15) is 12.6 Å². The van der Waals surface area contributed by atoms with E-state index in [1.165, 1.54) is 17.9 Å². The fourth-order valence-corrected chi connectivity index (χ4v) is 5.80. The third kappa shape index (κ3) is 7.74. The molecule has 42 heavy (non-hydrogen) atoms. The highest BCUT2D eigenvalue weighted by molar-refractivity contribution is 7.92. The molecule has 1 heterocycles. The molecule has 1 aliphatic rings. The standard InChI is InChI=1S/C31H36ClN3O6S/c1-4-42(38,39)35(25-14-15-28-29(17-25)41-21-40-28)20-30(36)34(19-24-12-8-9-13-26(24)32)27(31(37)33-18-22(2)3)16-23-10-6-5-7-11-23/h5-15,17,22,27H,4,16,18-21H2,1-3H3,(H,33,37)/t27-/m0/s1. The summed E-state index contributed by atoms with van der Waals surface area (Å²) in [5, 5.41) is 3.40. The Morgan fingerprint density at radius 2 is 1.67 bits per heavy atom. The number of hydrogen-bond acceptors (Lipinski definition) is 6. The second-order valence-corrected chi connectivity index (χ2v) is 13.0. The van der Waals surface area contributed by atoms with Crippen molar-refractivity contribution in [2.45, 2.75) is 39.8 Å². The third-order valence-electron chi connectivity index (χ3n) is 6.88. The molecule has 1 aliphatic heterocycles. The lowest BCUT2D eigenvalue weighted by atomic mass is 10.0. The summed E-state index contributed by atoms with van der Waals surface area (Å²) in [6.07, 6.45) is 0.228. The van der Waals surface area contributed by atoms with Gasteiger partial charge in [-0.3, -0.25) is 13.9 Å². The van der Waals surface area contributed by atoms with E-state index in [1.807, 2.05) is 44.2 Å². The summed E-state index contributed by atoms with van der Waals surface area (Å²) in [4.78, 5) is 29.4. The first-order valence-corrected chi connectivity index (χ1v) is 15.8. The summed E-state index contributed by atoms with van der Waals surface area (Å²) in [7, 11) is -3.90. The fraction of sp³-hybridized carbons (Fsp3) is 0.355. The second kappa shape index (κ2) is 13.9. The van der Waals surface area contributed by atoms with E-state index in [1.54, 1.807) is 36.4 Å². The number of anilines is 1. The minimum Gasteiger partial charge on any atom is -0.454 e. The molecular formula is C31H36ClN3O6S. The van der Waals surface area contributed by atoms with Gasteiger partial charge in [0.05, 0.1) is 11.4 Å². The van der Waals surface area contributed by atoms with Gasteiger partial charge in [0.25, 0.3) is 0 Å². The van der Waals surface area contributed by atoms with Crippen molar-refractivity contribution in [3.63, 3.8) is 0 Å². The van der Waals surface area contributed by atoms with Crippen molar-refractivity contribution in [3.05, 3.63) is 88.9 Å². The van der Waals surface area contributed by atoms with Crippen LogP contribution in [0.3, 0.4) is 0 Å². The van der Waals surface area contributed by atoms with Gasteiger partial charge < -0.3 is 19.7 Å². The topological polar surface area (TPSA) is 105 Å². The van der Waals surface area contributed by atoms with Crippen molar-refractivity contribution in [2.75, 3.05) is 29.9 Å². The molecule has 0 bridgehead atoms. The first kappa shape index (κ1) is 31.2. The number of nitrogens with zero attached hydrogens (tertiary/aromatic N) is 2. The Morgan fingerprint density at radius 3 is 2.36 bits per heavy atom. The zero-order chi connectivity index (χ0) is 30.3. The zero-order valence-corrected chi connectivity index (χ0v) is 25.5. The van der Waals surface area contributed by atoms with Crippen LogP contribution in [0.15, 0.2) is 72.8 Å². The smallest absolute Gasteiger partial charge is 0.244 e. The molecule has 9 nitrogen and oxygen atoms in total. The predicted molar refractivity (Wildman–Crippen MR) is 163 cm³/mol. The molecule has 4 rings (SSSR count).